The molecule has 0 saturated carbocycles. The lowest BCUT2D eigenvalue weighted by atomic mass is 9.94. The average Bonchev–Trinajstić information content (AvgIpc) is 2.60. The van der Waals surface area contributed by atoms with Crippen LogP contribution < -0.4 is 0 Å². The van der Waals surface area contributed by atoms with Crippen LogP contribution in [0.3, 0.4) is 0 Å². The van der Waals surface area contributed by atoms with Gasteiger partial charge in [0.1, 0.15) is 0 Å². The molecular formula is C19H18BrNO3. The van der Waals surface area contributed by atoms with Crippen molar-refractivity contribution in [3.63, 3.8) is 0 Å². The van der Waals surface area contributed by atoms with Crippen LogP contribution in [0.25, 0.3) is 0 Å². The third-order valence-electron chi connectivity index (χ3n) is 4.52. The lowest BCUT2D eigenvalue weighted by Gasteiger charge is -2.31. The number of rotatable bonds is 3. The smallest absolute Gasteiger partial charge is 0.335 e. The Morgan fingerprint density at radius 1 is 1.12 bits per heavy atom. The van der Waals surface area contributed by atoms with E-state index in [1.54, 1.807) is 12.1 Å². The minimum absolute atomic E-state index is 0.0729. The molecule has 1 atom stereocenters. The molecule has 124 valence electrons. The number of halogens is 1. The summed E-state index contributed by atoms with van der Waals surface area (Å²) in [7, 11) is 0. The first-order chi connectivity index (χ1) is 11.5. The van der Waals surface area contributed by atoms with Gasteiger partial charge in [0, 0.05) is 17.6 Å². The lowest BCUT2D eigenvalue weighted by molar-refractivity contribution is -0.133. The Bertz CT molecular complexity index is 786. The van der Waals surface area contributed by atoms with Crippen molar-refractivity contribution in [2.45, 2.75) is 25.8 Å². The molecule has 0 aromatic heterocycles. The van der Waals surface area contributed by atoms with E-state index in [0.717, 1.165) is 27.6 Å². The van der Waals surface area contributed by atoms with Gasteiger partial charge in [-0.1, -0.05) is 34.1 Å². The molecule has 0 spiro atoms. The van der Waals surface area contributed by atoms with Crippen LogP contribution >= 0.6 is 15.9 Å². The zero-order chi connectivity index (χ0) is 17.3. The lowest BCUT2D eigenvalue weighted by Crippen LogP contribution is -2.38. The van der Waals surface area contributed by atoms with E-state index in [1.807, 2.05) is 42.2 Å². The number of carbonyl (C=O) groups excluding carboxylic acids is 1. The predicted molar refractivity (Wildman–Crippen MR) is 95.1 cm³/mol. The maximum Gasteiger partial charge on any atom is 0.335 e. The Morgan fingerprint density at radius 3 is 2.50 bits per heavy atom. The van der Waals surface area contributed by atoms with Crippen LogP contribution in [0.1, 0.15) is 39.9 Å². The minimum atomic E-state index is -0.940. The van der Waals surface area contributed by atoms with Gasteiger partial charge in [-0.3, -0.25) is 4.79 Å². The fourth-order valence-corrected chi connectivity index (χ4v) is 3.31. The van der Waals surface area contributed by atoms with Crippen LogP contribution in [0.4, 0.5) is 0 Å². The fourth-order valence-electron chi connectivity index (χ4n) is 3.05. The van der Waals surface area contributed by atoms with E-state index in [1.165, 1.54) is 0 Å². The Hall–Kier alpha value is -2.14. The molecule has 4 nitrogen and oxygen atoms in total. The molecule has 1 N–H and O–H groups in total. The molecule has 0 fully saturated rings. The van der Waals surface area contributed by atoms with Crippen molar-refractivity contribution in [3.8, 4) is 0 Å². The number of carbonyl (C=O) groups is 2. The zero-order valence-electron chi connectivity index (χ0n) is 13.3. The maximum absolute atomic E-state index is 12.8. The Balaban J connectivity index is 1.78. The van der Waals surface area contributed by atoms with Gasteiger partial charge in [-0.05, 0) is 54.3 Å². The molecule has 1 aliphatic heterocycles. The van der Waals surface area contributed by atoms with Crippen molar-refractivity contribution >= 4 is 27.8 Å². The standard InChI is InChI=1S/C19H18BrNO3/c1-12(13-4-6-17(20)7-5-13)18(22)21-9-8-14-2-3-15(19(23)24)10-16(14)11-21/h2-7,10,12H,8-9,11H2,1H3,(H,23,24). The topological polar surface area (TPSA) is 57.6 Å². The molecule has 24 heavy (non-hydrogen) atoms. The Labute approximate surface area is 149 Å². The van der Waals surface area contributed by atoms with Crippen molar-refractivity contribution in [3.05, 3.63) is 69.2 Å². The summed E-state index contributed by atoms with van der Waals surface area (Å²) in [5.74, 6) is -1.09. The van der Waals surface area contributed by atoms with Gasteiger partial charge in [0.05, 0.1) is 11.5 Å². The van der Waals surface area contributed by atoms with Crippen molar-refractivity contribution in [2.75, 3.05) is 6.54 Å². The highest BCUT2D eigenvalue weighted by molar-refractivity contribution is 9.10. The highest BCUT2D eigenvalue weighted by atomic mass is 79.9. The number of hydrogen-bond donors (Lipinski definition) is 1. The summed E-state index contributed by atoms with van der Waals surface area (Å²) in [6.07, 6.45) is 0.758. The third-order valence-corrected chi connectivity index (χ3v) is 5.05. The number of fused-ring (bicyclic) bond motifs is 1. The number of carboxylic acid groups (broad SMARTS) is 1. The monoisotopic (exact) mass is 387 g/mol. The first kappa shape index (κ1) is 16.7. The van der Waals surface area contributed by atoms with Gasteiger partial charge in [-0.2, -0.15) is 0 Å². The molecule has 0 radical (unpaired) electrons. The van der Waals surface area contributed by atoms with Gasteiger partial charge < -0.3 is 10.0 Å². The quantitative estimate of drug-likeness (QED) is 0.870. The molecule has 1 aliphatic rings. The molecule has 0 bridgehead atoms. The average molecular weight is 388 g/mol. The molecule has 0 aliphatic carbocycles. The number of benzene rings is 2. The summed E-state index contributed by atoms with van der Waals surface area (Å²) >= 11 is 3.40. The molecule has 1 unspecified atom stereocenters. The number of aromatic carboxylic acids is 1. The number of hydrogen-bond acceptors (Lipinski definition) is 2. The normalized spacial score (nSPS) is 14.8. The van der Waals surface area contributed by atoms with Crippen LogP contribution in [0.2, 0.25) is 0 Å². The van der Waals surface area contributed by atoms with Gasteiger partial charge in [0.15, 0.2) is 0 Å². The summed E-state index contributed by atoms with van der Waals surface area (Å²) in [5.41, 5.74) is 3.30. The summed E-state index contributed by atoms with van der Waals surface area (Å²) in [6.45, 7) is 3.05. The highest BCUT2D eigenvalue weighted by Gasteiger charge is 2.26. The van der Waals surface area contributed by atoms with Crippen LogP contribution in [0.5, 0.6) is 0 Å². The Morgan fingerprint density at radius 2 is 1.83 bits per heavy atom. The molecule has 1 heterocycles. The van der Waals surface area contributed by atoms with Crippen molar-refractivity contribution < 1.29 is 14.7 Å². The van der Waals surface area contributed by atoms with Crippen molar-refractivity contribution in [1.82, 2.24) is 4.90 Å². The second-order valence-electron chi connectivity index (χ2n) is 6.07. The van der Waals surface area contributed by atoms with E-state index in [4.69, 9.17) is 5.11 Å². The van der Waals surface area contributed by atoms with Crippen LogP contribution in [0, 0.1) is 0 Å². The molecule has 3 rings (SSSR count). The van der Waals surface area contributed by atoms with Crippen molar-refractivity contribution in [2.24, 2.45) is 0 Å². The number of amides is 1. The predicted octanol–water partition coefficient (Wildman–Crippen LogP) is 3.84. The van der Waals surface area contributed by atoms with Gasteiger partial charge in [-0.15, -0.1) is 0 Å². The molecule has 2 aromatic rings. The molecule has 5 heteroatoms. The maximum atomic E-state index is 12.8. The van der Waals surface area contributed by atoms with E-state index >= 15 is 0 Å². The first-order valence-electron chi connectivity index (χ1n) is 7.85. The summed E-state index contributed by atoms with van der Waals surface area (Å²) in [5, 5.41) is 9.14. The van der Waals surface area contributed by atoms with E-state index in [0.29, 0.717) is 13.1 Å². The van der Waals surface area contributed by atoms with Gasteiger partial charge in [-0.25, -0.2) is 4.79 Å². The fraction of sp³-hybridized carbons (Fsp3) is 0.263. The minimum Gasteiger partial charge on any atom is -0.478 e. The molecule has 1 amide bonds. The second kappa shape index (κ2) is 6.77. The SMILES string of the molecule is CC(C(=O)N1CCc2ccc(C(=O)O)cc2C1)c1ccc(Br)cc1. The van der Waals surface area contributed by atoms with Crippen LogP contribution in [-0.2, 0) is 17.8 Å². The van der Waals surface area contributed by atoms with Gasteiger partial charge >= 0.3 is 5.97 Å². The van der Waals surface area contributed by atoms with E-state index in [9.17, 15) is 9.59 Å². The second-order valence-corrected chi connectivity index (χ2v) is 6.99. The third kappa shape index (κ3) is 3.36. The van der Waals surface area contributed by atoms with Crippen LogP contribution in [-0.4, -0.2) is 28.4 Å². The summed E-state index contributed by atoms with van der Waals surface area (Å²) in [6, 6.07) is 12.9. The van der Waals surface area contributed by atoms with Gasteiger partial charge in [0.2, 0.25) is 5.91 Å². The zero-order valence-corrected chi connectivity index (χ0v) is 14.9. The van der Waals surface area contributed by atoms with Crippen LogP contribution in [0.15, 0.2) is 46.9 Å². The number of carboxylic acids is 1. The molecular weight excluding hydrogens is 370 g/mol. The first-order valence-corrected chi connectivity index (χ1v) is 8.64. The van der Waals surface area contributed by atoms with Crippen molar-refractivity contribution in [1.29, 1.82) is 0 Å². The van der Waals surface area contributed by atoms with E-state index in [-0.39, 0.29) is 17.4 Å². The molecule has 2 aromatic carbocycles. The molecule has 0 saturated heterocycles. The number of nitrogens with zero attached hydrogens (tertiary/aromatic N) is 1. The summed E-state index contributed by atoms with van der Waals surface area (Å²) in [4.78, 5) is 25.8. The Kier molecular flexibility index (Phi) is 4.71. The largest absolute Gasteiger partial charge is 0.478 e. The van der Waals surface area contributed by atoms with E-state index in [2.05, 4.69) is 15.9 Å². The highest BCUT2D eigenvalue weighted by Crippen LogP contribution is 2.25. The van der Waals surface area contributed by atoms with E-state index < -0.39 is 5.97 Å². The van der Waals surface area contributed by atoms with Gasteiger partial charge in [0.25, 0.3) is 0 Å². The summed E-state index contributed by atoms with van der Waals surface area (Å²) < 4.78 is 0.985.